The van der Waals surface area contributed by atoms with E-state index in [4.69, 9.17) is 4.74 Å². The number of hydrogen-bond acceptors (Lipinski definition) is 3. The van der Waals surface area contributed by atoms with Crippen LogP contribution in [0.1, 0.15) is 44.7 Å². The van der Waals surface area contributed by atoms with Gasteiger partial charge in [0.05, 0.1) is 13.2 Å². The first kappa shape index (κ1) is 16.8. The van der Waals surface area contributed by atoms with Crippen molar-refractivity contribution in [1.29, 1.82) is 0 Å². The molecule has 0 aromatic heterocycles. The predicted molar refractivity (Wildman–Crippen MR) is 89.0 cm³/mol. The third-order valence-electron chi connectivity index (χ3n) is 4.17. The summed E-state index contributed by atoms with van der Waals surface area (Å²) in [6.45, 7) is 6.95. The SMILES string of the molecule is COc1ccccc1C(CNC(=O)CC(C)C)N1CCCC1. The first-order valence-corrected chi connectivity index (χ1v) is 8.25. The number of hydrogen-bond donors (Lipinski definition) is 1. The van der Waals surface area contributed by atoms with Crippen LogP contribution < -0.4 is 10.1 Å². The Kier molecular flexibility index (Phi) is 6.25. The lowest BCUT2D eigenvalue weighted by Crippen LogP contribution is -2.37. The molecule has 1 heterocycles. The molecule has 22 heavy (non-hydrogen) atoms. The Morgan fingerprint density at radius 1 is 1.27 bits per heavy atom. The van der Waals surface area contributed by atoms with Crippen molar-refractivity contribution in [3.63, 3.8) is 0 Å². The number of nitrogens with one attached hydrogen (secondary N) is 1. The summed E-state index contributed by atoms with van der Waals surface area (Å²) in [5.74, 6) is 1.42. The maximum Gasteiger partial charge on any atom is 0.220 e. The van der Waals surface area contributed by atoms with E-state index >= 15 is 0 Å². The van der Waals surface area contributed by atoms with E-state index in [-0.39, 0.29) is 11.9 Å². The van der Waals surface area contributed by atoms with E-state index in [2.05, 4.69) is 30.1 Å². The number of rotatable bonds is 7. The van der Waals surface area contributed by atoms with Crippen LogP contribution in [-0.2, 0) is 4.79 Å². The number of benzene rings is 1. The van der Waals surface area contributed by atoms with Gasteiger partial charge in [-0.3, -0.25) is 9.69 Å². The number of ether oxygens (including phenoxy) is 1. The fourth-order valence-electron chi connectivity index (χ4n) is 3.08. The second-order valence-corrected chi connectivity index (χ2v) is 6.40. The number of carbonyl (C=O) groups excluding carboxylic acids is 1. The van der Waals surface area contributed by atoms with Crippen molar-refractivity contribution in [1.82, 2.24) is 10.2 Å². The molecule has 1 atom stereocenters. The van der Waals surface area contributed by atoms with Gasteiger partial charge in [0.25, 0.3) is 0 Å². The summed E-state index contributed by atoms with van der Waals surface area (Å²) in [4.78, 5) is 14.4. The minimum absolute atomic E-state index is 0.133. The van der Waals surface area contributed by atoms with E-state index in [0.29, 0.717) is 18.9 Å². The summed E-state index contributed by atoms with van der Waals surface area (Å²) < 4.78 is 5.52. The van der Waals surface area contributed by atoms with Crippen molar-refractivity contribution in [2.75, 3.05) is 26.7 Å². The van der Waals surface area contributed by atoms with Crippen LogP contribution in [0.15, 0.2) is 24.3 Å². The number of likely N-dealkylation sites (tertiary alicyclic amines) is 1. The number of para-hydroxylation sites is 1. The van der Waals surface area contributed by atoms with Gasteiger partial charge in [0.2, 0.25) is 5.91 Å². The van der Waals surface area contributed by atoms with Crippen LogP contribution in [0.5, 0.6) is 5.75 Å². The molecule has 1 aliphatic rings. The first-order valence-electron chi connectivity index (χ1n) is 8.25. The quantitative estimate of drug-likeness (QED) is 0.842. The molecule has 2 rings (SSSR count). The van der Waals surface area contributed by atoms with Crippen molar-refractivity contribution in [3.05, 3.63) is 29.8 Å². The van der Waals surface area contributed by atoms with Gasteiger partial charge in [0, 0.05) is 18.5 Å². The number of methoxy groups -OCH3 is 1. The van der Waals surface area contributed by atoms with Crippen LogP contribution in [0.2, 0.25) is 0 Å². The summed E-state index contributed by atoms with van der Waals surface area (Å²) >= 11 is 0. The lowest BCUT2D eigenvalue weighted by molar-refractivity contribution is -0.122. The summed E-state index contributed by atoms with van der Waals surface area (Å²) in [6.07, 6.45) is 3.04. The minimum Gasteiger partial charge on any atom is -0.496 e. The molecule has 0 aliphatic carbocycles. The van der Waals surface area contributed by atoms with Crippen LogP contribution >= 0.6 is 0 Å². The van der Waals surface area contributed by atoms with Crippen LogP contribution in [-0.4, -0.2) is 37.6 Å². The smallest absolute Gasteiger partial charge is 0.220 e. The van der Waals surface area contributed by atoms with Crippen molar-refractivity contribution < 1.29 is 9.53 Å². The van der Waals surface area contributed by atoms with Gasteiger partial charge < -0.3 is 10.1 Å². The Labute approximate surface area is 133 Å². The fraction of sp³-hybridized carbons (Fsp3) is 0.611. The van der Waals surface area contributed by atoms with Gasteiger partial charge in [0.15, 0.2) is 0 Å². The Bertz CT molecular complexity index is 482. The predicted octanol–water partition coefficient (Wildman–Crippen LogP) is 2.99. The van der Waals surface area contributed by atoms with Gasteiger partial charge in [-0.25, -0.2) is 0 Å². The lowest BCUT2D eigenvalue weighted by Gasteiger charge is -2.29. The summed E-state index contributed by atoms with van der Waals surface area (Å²) in [6, 6.07) is 8.32. The van der Waals surface area contributed by atoms with Gasteiger partial charge in [-0.05, 0) is 37.9 Å². The highest BCUT2D eigenvalue weighted by atomic mass is 16.5. The van der Waals surface area contributed by atoms with Gasteiger partial charge in [-0.15, -0.1) is 0 Å². The van der Waals surface area contributed by atoms with E-state index in [1.54, 1.807) is 7.11 Å². The standard InChI is InChI=1S/C18H28N2O2/c1-14(2)12-18(21)19-13-16(20-10-6-7-11-20)15-8-4-5-9-17(15)22-3/h4-5,8-9,14,16H,6-7,10-13H2,1-3H3,(H,19,21). The molecule has 0 spiro atoms. The molecule has 1 saturated heterocycles. The first-order chi connectivity index (χ1) is 10.6. The van der Waals surface area contributed by atoms with Gasteiger partial charge in [0.1, 0.15) is 5.75 Å². The van der Waals surface area contributed by atoms with Gasteiger partial charge >= 0.3 is 0 Å². The van der Waals surface area contributed by atoms with Gasteiger partial charge in [-0.2, -0.15) is 0 Å². The Balaban J connectivity index is 2.11. The van der Waals surface area contributed by atoms with E-state index in [0.717, 1.165) is 24.4 Å². The van der Waals surface area contributed by atoms with Crippen LogP contribution in [0, 0.1) is 5.92 Å². The zero-order valence-corrected chi connectivity index (χ0v) is 14.0. The molecule has 1 unspecified atom stereocenters. The molecule has 1 N–H and O–H groups in total. The van der Waals surface area contributed by atoms with E-state index in [9.17, 15) is 4.79 Å². The molecule has 1 amide bonds. The topological polar surface area (TPSA) is 41.6 Å². The third kappa shape index (κ3) is 4.47. The van der Waals surface area contributed by atoms with Crippen molar-refractivity contribution in [3.8, 4) is 5.75 Å². The van der Waals surface area contributed by atoms with E-state index < -0.39 is 0 Å². The highest BCUT2D eigenvalue weighted by molar-refractivity contribution is 5.76. The Morgan fingerprint density at radius 2 is 1.95 bits per heavy atom. The average molecular weight is 304 g/mol. The maximum atomic E-state index is 12.0. The molecular formula is C18H28N2O2. The molecule has 1 aromatic carbocycles. The second kappa shape index (κ2) is 8.18. The zero-order valence-electron chi connectivity index (χ0n) is 14.0. The zero-order chi connectivity index (χ0) is 15.9. The molecule has 122 valence electrons. The van der Waals surface area contributed by atoms with E-state index in [1.165, 1.54) is 12.8 Å². The molecule has 0 bridgehead atoms. The van der Waals surface area contributed by atoms with Crippen LogP contribution in [0.4, 0.5) is 0 Å². The van der Waals surface area contributed by atoms with Crippen LogP contribution in [0.25, 0.3) is 0 Å². The van der Waals surface area contributed by atoms with Crippen LogP contribution in [0.3, 0.4) is 0 Å². The molecule has 1 fully saturated rings. The van der Waals surface area contributed by atoms with Crippen molar-refractivity contribution >= 4 is 5.91 Å². The molecule has 0 radical (unpaired) electrons. The molecule has 1 aliphatic heterocycles. The summed E-state index contributed by atoms with van der Waals surface area (Å²) in [5.41, 5.74) is 1.16. The largest absolute Gasteiger partial charge is 0.496 e. The lowest BCUT2D eigenvalue weighted by atomic mass is 10.0. The maximum absolute atomic E-state index is 12.0. The number of carbonyl (C=O) groups is 1. The summed E-state index contributed by atoms with van der Waals surface area (Å²) in [7, 11) is 1.71. The fourth-order valence-corrected chi connectivity index (χ4v) is 3.08. The highest BCUT2D eigenvalue weighted by Gasteiger charge is 2.26. The van der Waals surface area contributed by atoms with Crippen molar-refractivity contribution in [2.24, 2.45) is 5.92 Å². The third-order valence-corrected chi connectivity index (χ3v) is 4.17. The number of amides is 1. The average Bonchev–Trinajstić information content (AvgIpc) is 3.01. The highest BCUT2D eigenvalue weighted by Crippen LogP contribution is 2.31. The molecule has 4 nitrogen and oxygen atoms in total. The monoisotopic (exact) mass is 304 g/mol. The normalized spacial score (nSPS) is 16.7. The second-order valence-electron chi connectivity index (χ2n) is 6.40. The Morgan fingerprint density at radius 3 is 2.59 bits per heavy atom. The molecular weight excluding hydrogens is 276 g/mol. The molecule has 1 aromatic rings. The Hall–Kier alpha value is -1.55. The minimum atomic E-state index is 0.133. The van der Waals surface area contributed by atoms with E-state index in [1.807, 2.05) is 18.2 Å². The van der Waals surface area contributed by atoms with Gasteiger partial charge in [-0.1, -0.05) is 32.0 Å². The summed E-state index contributed by atoms with van der Waals surface area (Å²) in [5, 5.41) is 3.10. The molecule has 0 saturated carbocycles. The number of nitrogens with zero attached hydrogens (tertiary/aromatic N) is 1. The molecule has 4 heteroatoms. The van der Waals surface area contributed by atoms with Crippen molar-refractivity contribution in [2.45, 2.75) is 39.2 Å².